The second kappa shape index (κ2) is 6.70. The first-order valence-corrected chi connectivity index (χ1v) is 6.44. The number of halogens is 1. The van der Waals surface area contributed by atoms with E-state index in [1.54, 1.807) is 0 Å². The topological polar surface area (TPSA) is 80.0 Å². The highest BCUT2D eigenvalue weighted by Crippen LogP contribution is 2.07. The molecule has 18 heavy (non-hydrogen) atoms. The summed E-state index contributed by atoms with van der Waals surface area (Å²) in [6.45, 7) is 10.3. The first kappa shape index (κ1) is 14.9. The highest BCUT2D eigenvalue weighted by atomic mass is 35.5. The molecule has 0 unspecified atom stereocenters. The monoisotopic (exact) mass is 272 g/mol. The molecule has 0 aliphatic rings. The van der Waals surface area contributed by atoms with Gasteiger partial charge in [-0.1, -0.05) is 0 Å². The highest BCUT2D eigenvalue weighted by Gasteiger charge is 2.12. The van der Waals surface area contributed by atoms with E-state index in [-0.39, 0.29) is 11.2 Å². The van der Waals surface area contributed by atoms with Crippen molar-refractivity contribution in [1.82, 2.24) is 19.9 Å². The lowest BCUT2D eigenvalue weighted by Gasteiger charge is -2.30. The molecule has 0 saturated heterocycles. The van der Waals surface area contributed by atoms with Crippen LogP contribution in [0.5, 0.6) is 0 Å². The maximum Gasteiger partial charge on any atom is 0.228 e. The summed E-state index contributed by atoms with van der Waals surface area (Å²) < 4.78 is 0. The molecule has 6 nitrogen and oxygen atoms in total. The summed E-state index contributed by atoms with van der Waals surface area (Å²) in [5, 5.41) is 3.20. The summed E-state index contributed by atoms with van der Waals surface area (Å²) >= 11 is 5.70. The molecule has 7 heteroatoms. The van der Waals surface area contributed by atoms with Crippen molar-refractivity contribution in [3.63, 3.8) is 0 Å². The van der Waals surface area contributed by atoms with Crippen LogP contribution in [0.1, 0.15) is 27.7 Å². The van der Waals surface area contributed by atoms with Crippen LogP contribution in [0.2, 0.25) is 5.28 Å². The summed E-state index contributed by atoms with van der Waals surface area (Å²) in [6, 6.07) is 0.998. The third-order valence-corrected chi connectivity index (χ3v) is 2.77. The average Bonchev–Trinajstić information content (AvgIpc) is 2.21. The Kier molecular flexibility index (Phi) is 5.55. The lowest BCUT2D eigenvalue weighted by Crippen LogP contribution is -2.40. The van der Waals surface area contributed by atoms with E-state index < -0.39 is 0 Å². The van der Waals surface area contributed by atoms with E-state index >= 15 is 0 Å². The summed E-state index contributed by atoms with van der Waals surface area (Å²) in [5.74, 6) is 0.544. The molecule has 1 rings (SSSR count). The van der Waals surface area contributed by atoms with Crippen LogP contribution in [0.4, 0.5) is 11.9 Å². The lowest BCUT2D eigenvalue weighted by atomic mass is 10.2. The summed E-state index contributed by atoms with van der Waals surface area (Å²) in [5.41, 5.74) is 5.49. The minimum Gasteiger partial charge on any atom is -0.368 e. The van der Waals surface area contributed by atoms with E-state index in [0.717, 1.165) is 13.1 Å². The molecule has 0 aliphatic carbocycles. The van der Waals surface area contributed by atoms with Crippen molar-refractivity contribution in [3.05, 3.63) is 5.28 Å². The summed E-state index contributed by atoms with van der Waals surface area (Å²) in [7, 11) is 0. The number of rotatable bonds is 6. The van der Waals surface area contributed by atoms with Gasteiger partial charge in [0.05, 0.1) is 0 Å². The molecule has 0 spiro atoms. The first-order valence-electron chi connectivity index (χ1n) is 6.06. The second-order valence-corrected chi connectivity index (χ2v) is 4.98. The van der Waals surface area contributed by atoms with Crippen LogP contribution in [0.15, 0.2) is 0 Å². The van der Waals surface area contributed by atoms with Crippen LogP contribution in [0.25, 0.3) is 0 Å². The van der Waals surface area contributed by atoms with Crippen molar-refractivity contribution >= 4 is 23.5 Å². The fourth-order valence-electron chi connectivity index (χ4n) is 1.85. The zero-order chi connectivity index (χ0) is 13.7. The van der Waals surface area contributed by atoms with Gasteiger partial charge in [0.2, 0.25) is 17.2 Å². The molecule has 0 bridgehead atoms. The Balaban J connectivity index is 2.50. The van der Waals surface area contributed by atoms with Gasteiger partial charge in [-0.25, -0.2) is 0 Å². The number of aromatic nitrogens is 3. The molecule has 3 N–H and O–H groups in total. The Morgan fingerprint density at radius 3 is 2.28 bits per heavy atom. The van der Waals surface area contributed by atoms with Crippen LogP contribution in [-0.4, -0.2) is 45.0 Å². The molecule has 1 aromatic rings. The maximum atomic E-state index is 5.70. The van der Waals surface area contributed by atoms with Gasteiger partial charge < -0.3 is 11.1 Å². The zero-order valence-corrected chi connectivity index (χ0v) is 12.1. The number of hydrogen-bond acceptors (Lipinski definition) is 6. The third kappa shape index (κ3) is 4.62. The minimum atomic E-state index is 0.106. The van der Waals surface area contributed by atoms with Gasteiger partial charge in [0.1, 0.15) is 0 Å². The molecule has 0 radical (unpaired) electrons. The Bertz CT molecular complexity index is 354. The highest BCUT2D eigenvalue weighted by molar-refractivity contribution is 6.28. The maximum absolute atomic E-state index is 5.70. The van der Waals surface area contributed by atoms with E-state index in [9.17, 15) is 0 Å². The Morgan fingerprint density at radius 2 is 1.78 bits per heavy atom. The Labute approximate surface area is 113 Å². The third-order valence-electron chi connectivity index (χ3n) is 2.61. The van der Waals surface area contributed by atoms with E-state index in [1.165, 1.54) is 0 Å². The molecule has 0 aromatic carbocycles. The lowest BCUT2D eigenvalue weighted by molar-refractivity contribution is 0.182. The fraction of sp³-hybridized carbons (Fsp3) is 0.727. The second-order valence-electron chi connectivity index (χ2n) is 4.64. The van der Waals surface area contributed by atoms with Crippen LogP contribution in [0.3, 0.4) is 0 Å². The molecule has 0 atom stereocenters. The minimum absolute atomic E-state index is 0.106. The van der Waals surface area contributed by atoms with Crippen molar-refractivity contribution in [1.29, 1.82) is 0 Å². The van der Waals surface area contributed by atoms with E-state index in [4.69, 9.17) is 17.3 Å². The predicted octanol–water partition coefficient (Wildman–Crippen LogP) is 1.64. The zero-order valence-electron chi connectivity index (χ0n) is 11.3. The largest absolute Gasteiger partial charge is 0.368 e. The molecule has 0 aliphatic heterocycles. The quantitative estimate of drug-likeness (QED) is 0.819. The number of nitrogens with two attached hydrogens (primary N) is 1. The smallest absolute Gasteiger partial charge is 0.228 e. The number of nitrogens with one attached hydrogen (secondary N) is 1. The fourth-order valence-corrected chi connectivity index (χ4v) is 2.02. The molecule has 102 valence electrons. The molecule has 1 aromatic heterocycles. The normalized spacial score (nSPS) is 11.6. The predicted molar refractivity (Wildman–Crippen MR) is 74.7 cm³/mol. The van der Waals surface area contributed by atoms with Crippen LogP contribution < -0.4 is 11.1 Å². The van der Waals surface area contributed by atoms with Gasteiger partial charge in [0.15, 0.2) is 0 Å². The Morgan fingerprint density at radius 1 is 1.17 bits per heavy atom. The van der Waals surface area contributed by atoms with Crippen molar-refractivity contribution in [2.75, 3.05) is 24.1 Å². The van der Waals surface area contributed by atoms with Crippen molar-refractivity contribution in [2.45, 2.75) is 39.8 Å². The number of nitrogens with zero attached hydrogens (tertiary/aromatic N) is 4. The standard InChI is InChI=1S/C11H21ClN6/c1-7(2)18(8(3)4)6-5-14-11-16-9(12)15-10(13)17-11/h7-8H,5-6H2,1-4H3,(H3,13,14,15,16,17). The van der Waals surface area contributed by atoms with Crippen molar-refractivity contribution in [2.24, 2.45) is 0 Å². The van der Waals surface area contributed by atoms with E-state index in [1.807, 2.05) is 0 Å². The number of anilines is 2. The molecule has 0 amide bonds. The Hall–Kier alpha value is -1.14. The average molecular weight is 273 g/mol. The van der Waals surface area contributed by atoms with E-state index in [2.05, 4.69) is 52.9 Å². The SMILES string of the molecule is CC(C)N(CCNc1nc(N)nc(Cl)n1)C(C)C. The van der Waals surface area contributed by atoms with Gasteiger partial charge in [0, 0.05) is 25.2 Å². The van der Waals surface area contributed by atoms with Gasteiger partial charge in [-0.3, -0.25) is 4.90 Å². The first-order chi connectivity index (χ1) is 8.40. The number of hydrogen-bond donors (Lipinski definition) is 2. The van der Waals surface area contributed by atoms with Gasteiger partial charge in [-0.05, 0) is 39.3 Å². The summed E-state index contributed by atoms with van der Waals surface area (Å²) in [4.78, 5) is 14.0. The van der Waals surface area contributed by atoms with E-state index in [0.29, 0.717) is 18.0 Å². The van der Waals surface area contributed by atoms with Crippen LogP contribution in [-0.2, 0) is 0 Å². The molecular weight excluding hydrogens is 252 g/mol. The van der Waals surface area contributed by atoms with Crippen LogP contribution in [0, 0.1) is 0 Å². The van der Waals surface area contributed by atoms with Gasteiger partial charge in [0.25, 0.3) is 0 Å². The van der Waals surface area contributed by atoms with Crippen molar-refractivity contribution < 1.29 is 0 Å². The van der Waals surface area contributed by atoms with Gasteiger partial charge >= 0.3 is 0 Å². The van der Waals surface area contributed by atoms with Crippen molar-refractivity contribution in [3.8, 4) is 0 Å². The van der Waals surface area contributed by atoms with Gasteiger partial charge in [-0.15, -0.1) is 0 Å². The molecule has 1 heterocycles. The molecule has 0 fully saturated rings. The van der Waals surface area contributed by atoms with Gasteiger partial charge in [-0.2, -0.15) is 15.0 Å². The molecule has 0 saturated carbocycles. The molecular formula is C11H21ClN6. The summed E-state index contributed by atoms with van der Waals surface area (Å²) in [6.07, 6.45) is 0. The van der Waals surface area contributed by atoms with Crippen LogP contribution >= 0.6 is 11.6 Å². The number of nitrogen functional groups attached to an aromatic ring is 1.